The van der Waals surface area contributed by atoms with Gasteiger partial charge in [0.25, 0.3) is 0 Å². The molecule has 2 aromatic carbocycles. The maximum Gasteiger partial charge on any atom is 0.211 e. The lowest BCUT2D eigenvalue weighted by molar-refractivity contribution is -0.309. The van der Waals surface area contributed by atoms with Crippen LogP contribution in [0.15, 0.2) is 72.0 Å². The molecule has 24 heavy (non-hydrogen) atoms. The number of hydrogen-bond donors (Lipinski definition) is 1. The fraction of sp³-hybridized carbons (Fsp3) is 0.333. The van der Waals surface area contributed by atoms with Crippen LogP contribution in [0, 0.1) is 5.92 Å². The molecular formula is C21H20O3. The van der Waals surface area contributed by atoms with E-state index in [0.29, 0.717) is 0 Å². The molecule has 1 N–H and O–H groups in total. The van der Waals surface area contributed by atoms with E-state index in [-0.39, 0.29) is 12.2 Å². The number of aliphatic hydroxyl groups excluding tert-OH is 1. The van der Waals surface area contributed by atoms with Gasteiger partial charge in [0.1, 0.15) is 17.5 Å². The van der Waals surface area contributed by atoms with E-state index in [1.807, 2.05) is 12.1 Å². The molecule has 0 amide bonds. The van der Waals surface area contributed by atoms with E-state index in [1.165, 1.54) is 5.57 Å². The van der Waals surface area contributed by atoms with Gasteiger partial charge in [0.05, 0.1) is 5.92 Å². The zero-order valence-electron chi connectivity index (χ0n) is 13.4. The first kappa shape index (κ1) is 14.3. The SMILES string of the molecule is O[C@H]1CCCC2=C1O[C@H]1OC(c3ccccc3)(c3ccccc3)[C@@H]21. The Morgan fingerprint density at radius 2 is 1.54 bits per heavy atom. The molecule has 2 aliphatic heterocycles. The Bertz CT molecular complexity index is 742. The molecule has 1 aliphatic carbocycles. The topological polar surface area (TPSA) is 38.7 Å². The summed E-state index contributed by atoms with van der Waals surface area (Å²) in [6.45, 7) is 0. The van der Waals surface area contributed by atoms with Gasteiger partial charge in [-0.15, -0.1) is 0 Å². The van der Waals surface area contributed by atoms with Gasteiger partial charge in [-0.25, -0.2) is 0 Å². The number of aliphatic hydroxyl groups is 1. The quantitative estimate of drug-likeness (QED) is 0.916. The van der Waals surface area contributed by atoms with Gasteiger partial charge in [0.2, 0.25) is 6.29 Å². The molecule has 3 atom stereocenters. The maximum atomic E-state index is 10.3. The molecule has 0 bridgehead atoms. The normalized spacial score (nSPS) is 30.1. The molecule has 1 saturated heterocycles. The first-order chi connectivity index (χ1) is 11.8. The molecule has 1 fully saturated rings. The second-order valence-electron chi connectivity index (χ2n) is 6.85. The van der Waals surface area contributed by atoms with Crippen LogP contribution in [0.25, 0.3) is 0 Å². The molecule has 3 aliphatic rings. The van der Waals surface area contributed by atoms with Gasteiger partial charge < -0.3 is 14.6 Å². The van der Waals surface area contributed by atoms with E-state index >= 15 is 0 Å². The van der Waals surface area contributed by atoms with Crippen molar-refractivity contribution in [2.24, 2.45) is 5.92 Å². The minimum absolute atomic E-state index is 0.146. The van der Waals surface area contributed by atoms with Gasteiger partial charge in [-0.1, -0.05) is 60.7 Å². The largest absolute Gasteiger partial charge is 0.466 e. The summed E-state index contributed by atoms with van der Waals surface area (Å²) in [6, 6.07) is 20.8. The highest BCUT2D eigenvalue weighted by Gasteiger charge is 2.64. The zero-order chi connectivity index (χ0) is 16.1. The fourth-order valence-corrected chi connectivity index (χ4v) is 4.52. The second-order valence-corrected chi connectivity index (χ2v) is 6.85. The van der Waals surface area contributed by atoms with Crippen LogP contribution in [-0.2, 0) is 15.1 Å². The monoisotopic (exact) mass is 320 g/mol. The van der Waals surface area contributed by atoms with E-state index < -0.39 is 11.7 Å². The minimum Gasteiger partial charge on any atom is -0.466 e. The van der Waals surface area contributed by atoms with Crippen molar-refractivity contribution < 1.29 is 14.6 Å². The van der Waals surface area contributed by atoms with Crippen LogP contribution in [0.1, 0.15) is 30.4 Å². The summed E-state index contributed by atoms with van der Waals surface area (Å²) in [4.78, 5) is 0. The van der Waals surface area contributed by atoms with Gasteiger partial charge in [-0.3, -0.25) is 0 Å². The molecule has 0 saturated carbocycles. The standard InChI is InChI=1S/C21H20O3/c22-17-13-7-12-16-18-20(23-19(16)17)24-21(18,14-8-3-1-4-9-14)15-10-5-2-6-11-15/h1-6,8-11,17-18,20,22H,7,12-13H2/t17-,18-,20-/m0/s1. The van der Waals surface area contributed by atoms with E-state index in [1.54, 1.807) is 0 Å². The summed E-state index contributed by atoms with van der Waals surface area (Å²) < 4.78 is 12.4. The van der Waals surface area contributed by atoms with Crippen LogP contribution in [-0.4, -0.2) is 17.5 Å². The van der Waals surface area contributed by atoms with Gasteiger partial charge >= 0.3 is 0 Å². The summed E-state index contributed by atoms with van der Waals surface area (Å²) in [5.74, 6) is 0.914. The van der Waals surface area contributed by atoms with Crippen LogP contribution < -0.4 is 0 Å². The minimum atomic E-state index is -0.513. The average Bonchev–Trinajstić information content (AvgIpc) is 2.92. The Morgan fingerprint density at radius 3 is 2.17 bits per heavy atom. The van der Waals surface area contributed by atoms with E-state index in [9.17, 15) is 5.11 Å². The molecule has 2 heterocycles. The summed E-state index contributed by atoms with van der Waals surface area (Å²) >= 11 is 0. The summed E-state index contributed by atoms with van der Waals surface area (Å²) in [5, 5.41) is 10.3. The van der Waals surface area contributed by atoms with Gasteiger partial charge in [-0.05, 0) is 36.0 Å². The van der Waals surface area contributed by atoms with Crippen molar-refractivity contribution in [3.63, 3.8) is 0 Å². The summed E-state index contributed by atoms with van der Waals surface area (Å²) in [6.07, 6.45) is 2.02. The number of ether oxygens (including phenoxy) is 2. The Kier molecular flexibility index (Phi) is 3.09. The molecule has 0 radical (unpaired) electrons. The smallest absolute Gasteiger partial charge is 0.211 e. The summed E-state index contributed by atoms with van der Waals surface area (Å²) in [5.41, 5.74) is 3.03. The first-order valence-corrected chi connectivity index (χ1v) is 8.67. The van der Waals surface area contributed by atoms with Crippen LogP contribution in [0.3, 0.4) is 0 Å². The molecular weight excluding hydrogens is 300 g/mol. The molecule has 3 heteroatoms. The van der Waals surface area contributed by atoms with E-state index in [4.69, 9.17) is 9.47 Å². The van der Waals surface area contributed by atoms with E-state index in [0.717, 1.165) is 36.1 Å². The van der Waals surface area contributed by atoms with Crippen LogP contribution in [0.2, 0.25) is 0 Å². The Balaban J connectivity index is 1.68. The molecule has 0 aromatic heterocycles. The highest BCUT2D eigenvalue weighted by molar-refractivity contribution is 5.46. The van der Waals surface area contributed by atoms with Crippen molar-refractivity contribution in [3.8, 4) is 0 Å². The van der Waals surface area contributed by atoms with Crippen molar-refractivity contribution in [2.75, 3.05) is 0 Å². The number of hydrogen-bond acceptors (Lipinski definition) is 3. The highest BCUT2D eigenvalue weighted by atomic mass is 16.7. The Labute approximate surface area is 141 Å². The van der Waals surface area contributed by atoms with Crippen LogP contribution in [0.5, 0.6) is 0 Å². The van der Waals surface area contributed by atoms with Gasteiger partial charge in [0, 0.05) is 0 Å². The molecule has 0 unspecified atom stereocenters. The lowest BCUT2D eigenvalue weighted by Crippen LogP contribution is -2.57. The van der Waals surface area contributed by atoms with Crippen molar-refractivity contribution in [1.82, 2.24) is 0 Å². The third kappa shape index (κ3) is 1.80. The Morgan fingerprint density at radius 1 is 0.917 bits per heavy atom. The second kappa shape index (κ2) is 5.20. The fourth-order valence-electron chi connectivity index (χ4n) is 4.52. The van der Waals surface area contributed by atoms with Crippen molar-refractivity contribution in [1.29, 1.82) is 0 Å². The van der Waals surface area contributed by atoms with Crippen molar-refractivity contribution >= 4 is 0 Å². The molecule has 2 aromatic rings. The predicted octanol–water partition coefficient (Wildman–Crippen LogP) is 3.73. The number of rotatable bonds is 2. The number of fused-ring (bicyclic) bond motifs is 2. The third-order valence-corrected chi connectivity index (χ3v) is 5.58. The van der Waals surface area contributed by atoms with Gasteiger partial charge in [-0.2, -0.15) is 0 Å². The zero-order valence-corrected chi connectivity index (χ0v) is 13.4. The first-order valence-electron chi connectivity index (χ1n) is 8.67. The Hall–Kier alpha value is -2.10. The predicted molar refractivity (Wildman–Crippen MR) is 90.0 cm³/mol. The van der Waals surface area contributed by atoms with Crippen LogP contribution >= 0.6 is 0 Å². The van der Waals surface area contributed by atoms with E-state index in [2.05, 4.69) is 48.5 Å². The lowest BCUT2D eigenvalue weighted by Gasteiger charge is -2.52. The highest BCUT2D eigenvalue weighted by Crippen LogP contribution is 2.60. The number of benzene rings is 2. The summed E-state index contributed by atoms with van der Waals surface area (Å²) in [7, 11) is 0. The average molecular weight is 320 g/mol. The molecule has 122 valence electrons. The van der Waals surface area contributed by atoms with Crippen molar-refractivity contribution in [3.05, 3.63) is 83.1 Å². The lowest BCUT2D eigenvalue weighted by atomic mass is 9.67. The van der Waals surface area contributed by atoms with Crippen LogP contribution in [0.4, 0.5) is 0 Å². The third-order valence-electron chi connectivity index (χ3n) is 5.58. The van der Waals surface area contributed by atoms with Crippen molar-refractivity contribution in [2.45, 2.75) is 37.3 Å². The molecule has 5 rings (SSSR count). The molecule has 3 nitrogen and oxygen atoms in total. The van der Waals surface area contributed by atoms with Gasteiger partial charge in [0.15, 0.2) is 0 Å². The maximum absolute atomic E-state index is 10.3. The molecule has 0 spiro atoms.